The maximum absolute atomic E-state index is 11.7. The first-order chi connectivity index (χ1) is 12.2. The van der Waals surface area contributed by atoms with Crippen LogP contribution in [-0.4, -0.2) is 25.7 Å². The molecule has 2 rings (SSSR count). The van der Waals surface area contributed by atoms with Crippen molar-refractivity contribution in [2.45, 2.75) is 13.0 Å². The van der Waals surface area contributed by atoms with Crippen molar-refractivity contribution in [1.29, 1.82) is 0 Å². The summed E-state index contributed by atoms with van der Waals surface area (Å²) in [6, 6.07) is 17.0. The van der Waals surface area contributed by atoms with E-state index in [2.05, 4.69) is 5.32 Å². The molecular formula is C20H21NO4. The second kappa shape index (κ2) is 9.93. The third-order valence-corrected chi connectivity index (χ3v) is 3.49. The number of rotatable bonds is 7. The molecule has 0 radical (unpaired) electrons. The molecule has 0 aliphatic rings. The number of alkyl carbamates (subject to hydrolysis) is 1. The molecule has 0 spiro atoms. The lowest BCUT2D eigenvalue weighted by atomic mass is 10.0. The Morgan fingerprint density at radius 1 is 1.04 bits per heavy atom. The second-order valence-corrected chi connectivity index (χ2v) is 5.30. The van der Waals surface area contributed by atoms with E-state index in [-0.39, 0.29) is 19.0 Å². The summed E-state index contributed by atoms with van der Waals surface area (Å²) in [5.41, 5.74) is 2.72. The lowest BCUT2D eigenvalue weighted by Gasteiger charge is -2.06. The molecule has 0 atom stereocenters. The average molecular weight is 339 g/mol. The number of esters is 1. The normalized spacial score (nSPS) is 10.4. The van der Waals surface area contributed by atoms with Crippen LogP contribution in [0.5, 0.6) is 0 Å². The van der Waals surface area contributed by atoms with Gasteiger partial charge < -0.3 is 14.8 Å². The lowest BCUT2D eigenvalue weighted by molar-refractivity contribution is -0.139. The van der Waals surface area contributed by atoms with Gasteiger partial charge in [0.15, 0.2) is 0 Å². The van der Waals surface area contributed by atoms with Crippen LogP contribution in [0.4, 0.5) is 4.79 Å². The van der Waals surface area contributed by atoms with Crippen LogP contribution in [0.1, 0.15) is 16.7 Å². The first kappa shape index (κ1) is 18.3. The van der Waals surface area contributed by atoms with Gasteiger partial charge in [-0.2, -0.15) is 0 Å². The summed E-state index contributed by atoms with van der Waals surface area (Å²) in [7, 11) is 1.37. The molecule has 2 aromatic carbocycles. The molecule has 5 heteroatoms. The Hall–Kier alpha value is -3.08. The van der Waals surface area contributed by atoms with E-state index < -0.39 is 6.09 Å². The van der Waals surface area contributed by atoms with Crippen LogP contribution in [0.25, 0.3) is 6.08 Å². The molecule has 0 aliphatic heterocycles. The van der Waals surface area contributed by atoms with Gasteiger partial charge in [0.25, 0.3) is 0 Å². The molecule has 130 valence electrons. The van der Waals surface area contributed by atoms with E-state index >= 15 is 0 Å². The van der Waals surface area contributed by atoms with E-state index in [9.17, 15) is 9.59 Å². The summed E-state index contributed by atoms with van der Waals surface area (Å²) < 4.78 is 9.82. The molecule has 25 heavy (non-hydrogen) atoms. The van der Waals surface area contributed by atoms with Crippen molar-refractivity contribution >= 4 is 18.1 Å². The number of amides is 1. The predicted molar refractivity (Wildman–Crippen MR) is 95.8 cm³/mol. The number of hydrogen-bond acceptors (Lipinski definition) is 4. The van der Waals surface area contributed by atoms with Crippen molar-refractivity contribution in [3.05, 3.63) is 77.4 Å². The van der Waals surface area contributed by atoms with Gasteiger partial charge in [0.2, 0.25) is 0 Å². The Bertz CT molecular complexity index is 725. The van der Waals surface area contributed by atoms with Crippen LogP contribution in [0.2, 0.25) is 0 Å². The summed E-state index contributed by atoms with van der Waals surface area (Å²) in [5, 5.41) is 2.65. The molecule has 0 saturated carbocycles. The van der Waals surface area contributed by atoms with E-state index in [1.807, 2.05) is 60.7 Å². The monoisotopic (exact) mass is 339 g/mol. The highest BCUT2D eigenvalue weighted by Gasteiger charge is 2.05. The van der Waals surface area contributed by atoms with Gasteiger partial charge in [-0.25, -0.2) is 4.79 Å². The Morgan fingerprint density at radius 2 is 1.76 bits per heavy atom. The van der Waals surface area contributed by atoms with E-state index in [4.69, 9.17) is 9.47 Å². The van der Waals surface area contributed by atoms with Crippen molar-refractivity contribution in [3.63, 3.8) is 0 Å². The first-order valence-corrected chi connectivity index (χ1v) is 7.95. The highest BCUT2D eigenvalue weighted by molar-refractivity contribution is 5.74. The van der Waals surface area contributed by atoms with Gasteiger partial charge in [0, 0.05) is 6.54 Å². The van der Waals surface area contributed by atoms with E-state index in [1.54, 1.807) is 6.08 Å². The highest BCUT2D eigenvalue weighted by Crippen LogP contribution is 2.12. The quantitative estimate of drug-likeness (QED) is 0.786. The number of nitrogens with one attached hydrogen (secondary N) is 1. The van der Waals surface area contributed by atoms with Crippen LogP contribution in [0.3, 0.4) is 0 Å². The maximum Gasteiger partial charge on any atom is 0.407 e. The summed E-state index contributed by atoms with van der Waals surface area (Å²) in [5.74, 6) is -0.288. The minimum absolute atomic E-state index is 0.212. The fourth-order valence-corrected chi connectivity index (χ4v) is 2.19. The van der Waals surface area contributed by atoms with Gasteiger partial charge in [-0.1, -0.05) is 66.7 Å². The van der Waals surface area contributed by atoms with E-state index in [0.717, 1.165) is 16.7 Å². The number of benzene rings is 2. The van der Waals surface area contributed by atoms with Crippen molar-refractivity contribution < 1.29 is 19.1 Å². The fourth-order valence-electron chi connectivity index (χ4n) is 2.19. The number of methoxy groups -OCH3 is 1. The minimum atomic E-state index is -0.476. The zero-order chi connectivity index (χ0) is 17.9. The highest BCUT2D eigenvalue weighted by atomic mass is 16.5. The molecule has 0 fully saturated rings. The van der Waals surface area contributed by atoms with Gasteiger partial charge in [0.1, 0.15) is 6.61 Å². The summed E-state index contributed by atoms with van der Waals surface area (Å²) in [6.45, 7) is 0.568. The largest absolute Gasteiger partial charge is 0.469 e. The van der Waals surface area contributed by atoms with Crippen LogP contribution in [0, 0.1) is 0 Å². The molecule has 0 unspecified atom stereocenters. The number of carbonyl (C=O) groups excluding carboxylic acids is 2. The second-order valence-electron chi connectivity index (χ2n) is 5.30. The smallest absolute Gasteiger partial charge is 0.407 e. The third-order valence-electron chi connectivity index (χ3n) is 3.49. The number of carbonyl (C=O) groups is 2. The van der Waals surface area contributed by atoms with Crippen molar-refractivity contribution in [3.8, 4) is 0 Å². The predicted octanol–water partition coefficient (Wildman–Crippen LogP) is 3.34. The van der Waals surface area contributed by atoms with Crippen LogP contribution >= 0.6 is 0 Å². The van der Waals surface area contributed by atoms with Crippen LogP contribution < -0.4 is 5.32 Å². The summed E-state index contributed by atoms with van der Waals surface area (Å²) in [4.78, 5) is 23.1. The Morgan fingerprint density at radius 3 is 2.52 bits per heavy atom. The number of hydrogen-bond donors (Lipinski definition) is 1. The Kier molecular flexibility index (Phi) is 7.25. The maximum atomic E-state index is 11.7. The number of ether oxygens (including phenoxy) is 2. The van der Waals surface area contributed by atoms with Crippen molar-refractivity contribution in [2.75, 3.05) is 13.7 Å². The molecule has 0 bridgehead atoms. The standard InChI is InChI=1S/C20H21NO4/c1-24-19(22)14-18-11-6-5-10-17(18)12-7-13-21-20(23)25-15-16-8-3-2-4-9-16/h2-12H,13-15H2,1H3,(H,21,23). The Balaban J connectivity index is 1.79. The topological polar surface area (TPSA) is 64.6 Å². The molecule has 5 nitrogen and oxygen atoms in total. The first-order valence-electron chi connectivity index (χ1n) is 7.95. The molecule has 1 amide bonds. The fraction of sp³-hybridized carbons (Fsp3) is 0.200. The zero-order valence-electron chi connectivity index (χ0n) is 14.1. The van der Waals surface area contributed by atoms with Crippen LogP contribution in [-0.2, 0) is 27.3 Å². The molecule has 0 aliphatic carbocycles. The third kappa shape index (κ3) is 6.51. The average Bonchev–Trinajstić information content (AvgIpc) is 2.65. The Labute approximate surface area is 147 Å². The van der Waals surface area contributed by atoms with Gasteiger partial charge in [-0.3, -0.25) is 4.79 Å². The molecule has 0 saturated heterocycles. The zero-order valence-corrected chi connectivity index (χ0v) is 14.1. The molecule has 0 aromatic heterocycles. The van der Waals surface area contributed by atoms with Gasteiger partial charge >= 0.3 is 12.1 Å². The van der Waals surface area contributed by atoms with Gasteiger partial charge in [0.05, 0.1) is 13.5 Å². The van der Waals surface area contributed by atoms with Gasteiger partial charge in [-0.15, -0.1) is 0 Å². The molecular weight excluding hydrogens is 318 g/mol. The van der Waals surface area contributed by atoms with Crippen molar-refractivity contribution in [2.24, 2.45) is 0 Å². The summed E-state index contributed by atoms with van der Waals surface area (Å²) >= 11 is 0. The molecule has 0 heterocycles. The lowest BCUT2D eigenvalue weighted by Crippen LogP contribution is -2.24. The van der Waals surface area contributed by atoms with E-state index in [0.29, 0.717) is 6.54 Å². The van der Waals surface area contributed by atoms with Crippen molar-refractivity contribution in [1.82, 2.24) is 5.32 Å². The minimum Gasteiger partial charge on any atom is -0.469 e. The molecule has 2 aromatic rings. The van der Waals surface area contributed by atoms with Crippen LogP contribution in [0.15, 0.2) is 60.7 Å². The SMILES string of the molecule is COC(=O)Cc1ccccc1C=CCNC(=O)OCc1ccccc1. The van der Waals surface area contributed by atoms with Gasteiger partial charge in [-0.05, 0) is 16.7 Å². The molecule has 1 N–H and O–H groups in total. The van der Waals surface area contributed by atoms with E-state index in [1.165, 1.54) is 7.11 Å². The summed E-state index contributed by atoms with van der Waals surface area (Å²) in [6.07, 6.45) is 3.40.